The van der Waals surface area contributed by atoms with Crippen molar-refractivity contribution in [3.8, 4) is 0 Å². The summed E-state index contributed by atoms with van der Waals surface area (Å²) in [5, 5.41) is 0. The summed E-state index contributed by atoms with van der Waals surface area (Å²) in [6.07, 6.45) is 24.9. The molecular weight excluding hydrogens is 753 g/mol. The molecule has 0 radical (unpaired) electrons. The summed E-state index contributed by atoms with van der Waals surface area (Å²) in [5.41, 5.74) is 2.27. The minimum Gasteiger partial charge on any atom is -0.465 e. The molecule has 0 aromatic heterocycles. The fourth-order valence-electron chi connectivity index (χ4n) is 7.38. The van der Waals surface area contributed by atoms with Crippen LogP contribution in [-0.4, -0.2) is 101 Å². The predicted octanol–water partition coefficient (Wildman–Crippen LogP) is 11.9. The van der Waals surface area contributed by atoms with Gasteiger partial charge in [-0.3, -0.25) is 14.4 Å². The minimum atomic E-state index is -0.476. The maximum Gasteiger partial charge on any atom is 0.313 e. The van der Waals surface area contributed by atoms with Crippen LogP contribution in [0.5, 0.6) is 0 Å². The van der Waals surface area contributed by atoms with Gasteiger partial charge in [-0.25, -0.2) is 0 Å². The van der Waals surface area contributed by atoms with E-state index in [1.165, 1.54) is 82.6 Å². The topological polar surface area (TPSA) is 94.6 Å². The van der Waals surface area contributed by atoms with Crippen LogP contribution in [0.3, 0.4) is 0 Å². The predicted molar refractivity (Wildman–Crippen MR) is 249 cm³/mol. The molecule has 9 nitrogen and oxygen atoms in total. The molecule has 0 aliphatic rings. The molecule has 1 rings (SSSR count). The lowest BCUT2D eigenvalue weighted by atomic mass is 9.97. The fraction of sp³-hybridized carbons (Fsp3) is 0.824. The smallest absolute Gasteiger partial charge is 0.313 e. The normalized spacial score (nSPS) is 12.1. The molecule has 0 saturated carbocycles. The van der Waals surface area contributed by atoms with Crippen LogP contribution in [0.2, 0.25) is 0 Å². The van der Waals surface area contributed by atoms with Crippen LogP contribution in [0.1, 0.15) is 199 Å². The first kappa shape index (κ1) is 55.5. The van der Waals surface area contributed by atoms with Gasteiger partial charge in [-0.1, -0.05) is 148 Å². The maximum atomic E-state index is 13.4. The van der Waals surface area contributed by atoms with Gasteiger partial charge in [-0.05, 0) is 89.6 Å². The van der Waals surface area contributed by atoms with E-state index in [-0.39, 0.29) is 36.6 Å². The number of hydrogen-bond donors (Lipinski definition) is 0. The van der Waals surface area contributed by atoms with Crippen molar-refractivity contribution in [2.75, 3.05) is 66.8 Å². The van der Waals surface area contributed by atoms with Crippen molar-refractivity contribution in [2.24, 2.45) is 5.92 Å². The van der Waals surface area contributed by atoms with Crippen LogP contribution >= 0.6 is 0 Å². The van der Waals surface area contributed by atoms with Crippen LogP contribution < -0.4 is 0 Å². The molecule has 60 heavy (non-hydrogen) atoms. The Morgan fingerprint density at radius 3 is 1.57 bits per heavy atom. The van der Waals surface area contributed by atoms with Crippen LogP contribution in [-0.2, 0) is 39.8 Å². The first-order chi connectivity index (χ1) is 29.1. The Balaban J connectivity index is 2.52. The van der Waals surface area contributed by atoms with Gasteiger partial charge in [0.15, 0.2) is 0 Å². The lowest BCUT2D eigenvalue weighted by molar-refractivity contribution is -0.157. The standard InChI is InChI=1S/C51H92N2O7/c1-8-10-12-14-16-18-21-25-38-57-42-48(43-58-39-26-22-19-17-15-13-11-9-2)60-50(55)34-33-49(54)53(37-28-35-52(6)7)36-24-20-23-27-40-59-51(56)45(5)47-31-29-46(30-32-47)41-44(3)4/h29-32,44-45,48H,8-28,33-43H2,1-7H3. The number of ether oxygens (including phenoxy) is 4. The molecule has 0 bridgehead atoms. The molecule has 0 aliphatic carbocycles. The van der Waals surface area contributed by atoms with Crippen molar-refractivity contribution in [1.29, 1.82) is 0 Å². The number of rotatable bonds is 41. The highest BCUT2D eigenvalue weighted by Gasteiger charge is 2.20. The highest BCUT2D eigenvalue weighted by molar-refractivity contribution is 5.81. The van der Waals surface area contributed by atoms with E-state index in [1.54, 1.807) is 0 Å². The van der Waals surface area contributed by atoms with E-state index in [4.69, 9.17) is 18.9 Å². The van der Waals surface area contributed by atoms with Crippen molar-refractivity contribution < 1.29 is 33.3 Å². The molecular formula is C51H92N2O7. The van der Waals surface area contributed by atoms with Gasteiger partial charge < -0.3 is 28.7 Å². The van der Waals surface area contributed by atoms with E-state index < -0.39 is 6.10 Å². The van der Waals surface area contributed by atoms with Gasteiger partial charge in [0.25, 0.3) is 0 Å². The third-order valence-corrected chi connectivity index (χ3v) is 11.2. The van der Waals surface area contributed by atoms with E-state index in [9.17, 15) is 14.4 Å². The Hall–Kier alpha value is -2.49. The van der Waals surface area contributed by atoms with E-state index in [2.05, 4.69) is 44.7 Å². The molecule has 0 spiro atoms. The number of esters is 2. The third kappa shape index (κ3) is 31.4. The molecule has 1 aromatic rings. The second-order valence-electron chi connectivity index (χ2n) is 17.9. The first-order valence-corrected chi connectivity index (χ1v) is 24.6. The van der Waals surface area contributed by atoms with Crippen LogP contribution in [0.15, 0.2) is 24.3 Å². The fourth-order valence-corrected chi connectivity index (χ4v) is 7.38. The lowest BCUT2D eigenvalue weighted by Gasteiger charge is -2.24. The lowest BCUT2D eigenvalue weighted by Crippen LogP contribution is -2.35. The largest absolute Gasteiger partial charge is 0.465 e. The Bertz CT molecular complexity index is 1150. The Labute approximate surface area is 368 Å². The monoisotopic (exact) mass is 845 g/mol. The zero-order chi connectivity index (χ0) is 44.1. The highest BCUT2D eigenvalue weighted by atomic mass is 16.6. The molecule has 1 atom stereocenters. The SMILES string of the molecule is CCCCCCCCCCOCC(COCCCCCCCCCC)OC(=O)CCC(=O)N(CCCCCCOC(=O)C(C)c1ccc(CC(C)C)cc1)CCCN(C)C. The molecule has 1 unspecified atom stereocenters. The van der Waals surface area contributed by atoms with Crippen molar-refractivity contribution in [3.63, 3.8) is 0 Å². The zero-order valence-electron chi connectivity index (χ0n) is 39.9. The Morgan fingerprint density at radius 2 is 1.05 bits per heavy atom. The number of hydrogen-bond acceptors (Lipinski definition) is 8. The molecule has 0 saturated heterocycles. The number of unbranched alkanes of at least 4 members (excludes halogenated alkanes) is 17. The number of nitrogens with zero attached hydrogens (tertiary/aromatic N) is 2. The van der Waals surface area contributed by atoms with Gasteiger partial charge in [-0.15, -0.1) is 0 Å². The quantitative estimate of drug-likeness (QED) is 0.0475. The van der Waals surface area contributed by atoms with Gasteiger partial charge in [0.2, 0.25) is 5.91 Å². The van der Waals surface area contributed by atoms with Crippen molar-refractivity contribution in [1.82, 2.24) is 9.80 Å². The zero-order valence-corrected chi connectivity index (χ0v) is 39.9. The Kier molecular flexibility index (Phi) is 35.4. The summed E-state index contributed by atoms with van der Waals surface area (Å²) in [4.78, 5) is 43.3. The van der Waals surface area contributed by atoms with E-state index in [0.717, 1.165) is 76.3 Å². The molecule has 0 aliphatic heterocycles. The second-order valence-corrected chi connectivity index (χ2v) is 17.9. The summed E-state index contributed by atoms with van der Waals surface area (Å²) in [6, 6.07) is 8.30. The van der Waals surface area contributed by atoms with Gasteiger partial charge in [-0.2, -0.15) is 0 Å². The molecule has 9 heteroatoms. The minimum absolute atomic E-state index is 0.0145. The van der Waals surface area contributed by atoms with E-state index in [1.807, 2.05) is 38.1 Å². The van der Waals surface area contributed by atoms with Gasteiger partial charge in [0.1, 0.15) is 6.10 Å². The highest BCUT2D eigenvalue weighted by Crippen LogP contribution is 2.20. The Morgan fingerprint density at radius 1 is 0.567 bits per heavy atom. The number of carbonyl (C=O) groups is 3. The molecule has 0 N–H and O–H groups in total. The summed E-state index contributed by atoms with van der Waals surface area (Å²) in [5.74, 6) is -0.274. The van der Waals surface area contributed by atoms with Crippen molar-refractivity contribution in [3.05, 3.63) is 35.4 Å². The molecule has 1 aromatic carbocycles. The first-order valence-electron chi connectivity index (χ1n) is 24.6. The maximum absolute atomic E-state index is 13.4. The second kappa shape index (κ2) is 38.2. The van der Waals surface area contributed by atoms with Gasteiger partial charge in [0.05, 0.1) is 32.2 Å². The molecule has 348 valence electrons. The average molecular weight is 845 g/mol. The van der Waals surface area contributed by atoms with Crippen LogP contribution in [0, 0.1) is 5.92 Å². The van der Waals surface area contributed by atoms with E-state index in [0.29, 0.717) is 52.0 Å². The number of amides is 1. The molecule has 1 amide bonds. The van der Waals surface area contributed by atoms with Crippen molar-refractivity contribution >= 4 is 17.8 Å². The van der Waals surface area contributed by atoms with E-state index >= 15 is 0 Å². The summed E-state index contributed by atoms with van der Waals surface area (Å²) in [6.45, 7) is 15.3. The average Bonchev–Trinajstić information content (AvgIpc) is 3.22. The van der Waals surface area contributed by atoms with Gasteiger partial charge in [0, 0.05) is 32.7 Å². The number of carbonyl (C=O) groups excluding carboxylic acids is 3. The summed E-state index contributed by atoms with van der Waals surface area (Å²) < 4.78 is 23.5. The number of benzene rings is 1. The summed E-state index contributed by atoms with van der Waals surface area (Å²) in [7, 11) is 4.07. The third-order valence-electron chi connectivity index (χ3n) is 11.2. The van der Waals surface area contributed by atoms with Crippen molar-refractivity contribution in [2.45, 2.75) is 201 Å². The van der Waals surface area contributed by atoms with Crippen LogP contribution in [0.25, 0.3) is 0 Å². The summed E-state index contributed by atoms with van der Waals surface area (Å²) >= 11 is 0. The molecule has 0 fully saturated rings. The molecule has 0 heterocycles. The van der Waals surface area contributed by atoms with Gasteiger partial charge >= 0.3 is 11.9 Å². The van der Waals surface area contributed by atoms with Crippen LogP contribution in [0.4, 0.5) is 0 Å².